The average molecular weight is 367 g/mol. The van der Waals surface area contributed by atoms with Gasteiger partial charge in [-0.2, -0.15) is 4.98 Å². The van der Waals surface area contributed by atoms with Crippen molar-refractivity contribution in [1.29, 1.82) is 0 Å². The van der Waals surface area contributed by atoms with Crippen molar-refractivity contribution in [3.63, 3.8) is 0 Å². The third kappa shape index (κ3) is 4.84. The number of nitrogens with one attached hydrogen (secondary N) is 1. The molecule has 0 aliphatic carbocycles. The number of carbonyl (C=O) groups is 1. The molecular formula is C20H21N3O4. The van der Waals surface area contributed by atoms with E-state index >= 15 is 0 Å². The van der Waals surface area contributed by atoms with Crippen LogP contribution >= 0.6 is 0 Å². The Bertz CT molecular complexity index is 904. The molecule has 0 aliphatic rings. The molecule has 2 aromatic carbocycles. The second kappa shape index (κ2) is 8.35. The topological polar surface area (TPSA) is 86.5 Å². The first-order valence-electron chi connectivity index (χ1n) is 8.57. The maximum Gasteiger partial charge on any atom is 0.236 e. The number of benzene rings is 2. The maximum atomic E-state index is 12.3. The zero-order valence-corrected chi connectivity index (χ0v) is 15.4. The molecule has 0 saturated carbocycles. The summed E-state index contributed by atoms with van der Waals surface area (Å²) in [4.78, 5) is 16.6. The van der Waals surface area contributed by atoms with Gasteiger partial charge >= 0.3 is 0 Å². The Morgan fingerprint density at radius 3 is 2.59 bits per heavy atom. The predicted molar refractivity (Wildman–Crippen MR) is 101 cm³/mol. The predicted octanol–water partition coefficient (Wildman–Crippen LogP) is 3.71. The van der Waals surface area contributed by atoms with E-state index in [0.29, 0.717) is 17.3 Å². The average Bonchev–Trinajstić information content (AvgIpc) is 3.11. The molecule has 3 rings (SSSR count). The highest BCUT2D eigenvalue weighted by Gasteiger charge is 2.14. The number of amides is 1. The van der Waals surface area contributed by atoms with Crippen LogP contribution in [0.1, 0.15) is 19.7 Å². The van der Waals surface area contributed by atoms with E-state index in [2.05, 4.69) is 15.5 Å². The number of hydrogen-bond acceptors (Lipinski definition) is 6. The molecule has 27 heavy (non-hydrogen) atoms. The van der Waals surface area contributed by atoms with Gasteiger partial charge in [0, 0.05) is 5.56 Å². The molecule has 1 amide bonds. The van der Waals surface area contributed by atoms with Gasteiger partial charge in [-0.15, -0.1) is 0 Å². The number of hydrogen-bond donors (Lipinski definition) is 1. The highest BCUT2D eigenvalue weighted by molar-refractivity contribution is 5.93. The summed E-state index contributed by atoms with van der Waals surface area (Å²) in [7, 11) is 1.60. The first-order chi connectivity index (χ1) is 13.0. The molecule has 0 unspecified atom stereocenters. The number of rotatable bonds is 7. The van der Waals surface area contributed by atoms with Crippen LogP contribution in [0.25, 0.3) is 11.4 Å². The van der Waals surface area contributed by atoms with Crippen molar-refractivity contribution in [3.05, 3.63) is 54.4 Å². The Morgan fingerprint density at radius 2 is 1.89 bits per heavy atom. The molecule has 0 atom stereocenters. The summed E-state index contributed by atoms with van der Waals surface area (Å²) in [6, 6.07) is 14.5. The number of anilines is 1. The lowest BCUT2D eigenvalue weighted by Gasteiger charge is -2.14. The van der Waals surface area contributed by atoms with Gasteiger partial charge in [0.05, 0.1) is 18.9 Å². The van der Waals surface area contributed by atoms with E-state index in [1.54, 1.807) is 13.2 Å². The molecule has 0 spiro atoms. The largest absolute Gasteiger partial charge is 0.497 e. The van der Waals surface area contributed by atoms with E-state index in [1.165, 1.54) is 0 Å². The minimum absolute atomic E-state index is 0.00560. The Labute approximate surface area is 157 Å². The zero-order chi connectivity index (χ0) is 19.2. The van der Waals surface area contributed by atoms with Crippen molar-refractivity contribution >= 4 is 11.6 Å². The number of methoxy groups -OCH3 is 1. The summed E-state index contributed by atoms with van der Waals surface area (Å²) in [5, 5.41) is 6.75. The Hall–Kier alpha value is -3.35. The summed E-state index contributed by atoms with van der Waals surface area (Å²) >= 11 is 0. The molecule has 0 saturated heterocycles. The molecule has 1 aromatic heterocycles. The normalized spacial score (nSPS) is 10.7. The molecule has 140 valence electrons. The van der Waals surface area contributed by atoms with Gasteiger partial charge in [-0.1, -0.05) is 17.3 Å². The highest BCUT2D eigenvalue weighted by Crippen LogP contribution is 2.25. The minimum Gasteiger partial charge on any atom is -0.497 e. The second-order valence-electron chi connectivity index (χ2n) is 6.13. The van der Waals surface area contributed by atoms with E-state index in [0.717, 1.165) is 11.3 Å². The lowest BCUT2D eigenvalue weighted by atomic mass is 10.2. The molecule has 7 heteroatoms. The molecule has 0 radical (unpaired) electrons. The summed E-state index contributed by atoms with van der Waals surface area (Å²) in [5.74, 6) is 1.75. The second-order valence-corrected chi connectivity index (χ2v) is 6.13. The van der Waals surface area contributed by atoms with Crippen molar-refractivity contribution in [2.24, 2.45) is 0 Å². The van der Waals surface area contributed by atoms with Gasteiger partial charge in [0.1, 0.15) is 17.9 Å². The minimum atomic E-state index is -0.264. The van der Waals surface area contributed by atoms with Crippen molar-refractivity contribution in [2.45, 2.75) is 26.4 Å². The van der Waals surface area contributed by atoms with Crippen LogP contribution < -0.4 is 14.8 Å². The van der Waals surface area contributed by atoms with Gasteiger partial charge in [-0.25, -0.2) is 0 Å². The van der Waals surface area contributed by atoms with Crippen LogP contribution in [0.15, 0.2) is 53.1 Å². The van der Waals surface area contributed by atoms with Crippen LogP contribution in [0.4, 0.5) is 5.69 Å². The summed E-state index contributed by atoms with van der Waals surface area (Å²) < 4.78 is 16.0. The van der Waals surface area contributed by atoms with Gasteiger partial charge in [-0.05, 0) is 50.2 Å². The van der Waals surface area contributed by atoms with Crippen LogP contribution in [0, 0.1) is 0 Å². The first-order valence-corrected chi connectivity index (χ1v) is 8.57. The van der Waals surface area contributed by atoms with Crippen molar-refractivity contribution < 1.29 is 18.8 Å². The Kier molecular flexibility index (Phi) is 5.71. The highest BCUT2D eigenvalue weighted by atomic mass is 16.5. The van der Waals surface area contributed by atoms with Gasteiger partial charge < -0.3 is 19.3 Å². The number of nitrogens with zero attached hydrogens (tertiary/aromatic N) is 2. The van der Waals surface area contributed by atoms with Crippen LogP contribution in [0.5, 0.6) is 11.5 Å². The molecule has 0 fully saturated rings. The Balaban J connectivity index is 1.66. The fraction of sp³-hybridized carbons (Fsp3) is 0.250. The van der Waals surface area contributed by atoms with Crippen LogP contribution in [-0.2, 0) is 11.2 Å². The quantitative estimate of drug-likeness (QED) is 0.685. The van der Waals surface area contributed by atoms with Crippen LogP contribution in [0.3, 0.4) is 0 Å². The van der Waals surface area contributed by atoms with E-state index in [9.17, 15) is 4.79 Å². The maximum absolute atomic E-state index is 12.3. The monoisotopic (exact) mass is 367 g/mol. The van der Waals surface area contributed by atoms with E-state index in [1.807, 2.05) is 56.3 Å². The Morgan fingerprint density at radius 1 is 1.15 bits per heavy atom. The fourth-order valence-electron chi connectivity index (χ4n) is 2.44. The van der Waals surface area contributed by atoms with E-state index < -0.39 is 0 Å². The molecular weight excluding hydrogens is 346 g/mol. The molecule has 3 aromatic rings. The molecule has 1 N–H and O–H groups in total. The SMILES string of the molecule is COc1ccc(-c2noc(CC(=O)Nc3ccccc3OC(C)C)n2)cc1. The molecule has 0 bridgehead atoms. The molecule has 7 nitrogen and oxygen atoms in total. The van der Waals surface area contributed by atoms with Gasteiger partial charge in [0.2, 0.25) is 17.6 Å². The summed E-state index contributed by atoms with van der Waals surface area (Å²) in [6.45, 7) is 3.86. The van der Waals surface area contributed by atoms with Crippen molar-refractivity contribution in [2.75, 3.05) is 12.4 Å². The molecule has 0 aliphatic heterocycles. The summed E-state index contributed by atoms with van der Waals surface area (Å²) in [6.07, 6.45) is -0.0230. The number of para-hydroxylation sites is 2. The fourth-order valence-corrected chi connectivity index (χ4v) is 2.44. The van der Waals surface area contributed by atoms with Gasteiger partial charge in [0.25, 0.3) is 0 Å². The van der Waals surface area contributed by atoms with Crippen molar-refractivity contribution in [3.8, 4) is 22.9 Å². The standard InChI is InChI=1S/C20H21N3O4/c1-13(2)26-17-7-5-4-6-16(17)21-18(24)12-19-22-20(23-27-19)14-8-10-15(25-3)11-9-14/h4-11,13H,12H2,1-3H3,(H,21,24). The molecule has 1 heterocycles. The van der Waals surface area contributed by atoms with E-state index in [-0.39, 0.29) is 24.3 Å². The van der Waals surface area contributed by atoms with E-state index in [4.69, 9.17) is 14.0 Å². The number of carbonyl (C=O) groups excluding carboxylic acids is 1. The third-order valence-electron chi connectivity index (χ3n) is 3.65. The third-order valence-corrected chi connectivity index (χ3v) is 3.65. The first kappa shape index (κ1) is 18.4. The van der Waals surface area contributed by atoms with Crippen LogP contribution in [-0.4, -0.2) is 29.3 Å². The zero-order valence-electron chi connectivity index (χ0n) is 15.4. The van der Waals surface area contributed by atoms with Crippen molar-refractivity contribution in [1.82, 2.24) is 10.1 Å². The lowest BCUT2D eigenvalue weighted by Crippen LogP contribution is -2.16. The smallest absolute Gasteiger partial charge is 0.236 e. The lowest BCUT2D eigenvalue weighted by molar-refractivity contribution is -0.115. The van der Waals surface area contributed by atoms with Gasteiger partial charge in [0.15, 0.2) is 0 Å². The van der Waals surface area contributed by atoms with Gasteiger partial charge in [-0.3, -0.25) is 4.79 Å². The summed E-state index contributed by atoms with van der Waals surface area (Å²) in [5.41, 5.74) is 1.38. The van der Waals surface area contributed by atoms with Crippen LogP contribution in [0.2, 0.25) is 0 Å². The number of aromatic nitrogens is 2. The number of ether oxygens (including phenoxy) is 2.